The van der Waals surface area contributed by atoms with Crippen molar-refractivity contribution in [2.75, 3.05) is 39.0 Å². The average molecular weight is 500 g/mol. The summed E-state index contributed by atoms with van der Waals surface area (Å²) in [6.45, 7) is 10.2. The first-order valence-corrected chi connectivity index (χ1v) is 14.0. The number of methoxy groups -OCH3 is 1. The Labute approximate surface area is 206 Å². The van der Waals surface area contributed by atoms with Crippen molar-refractivity contribution in [1.82, 2.24) is 14.9 Å². The first kappa shape index (κ1) is 30.4. The molecule has 0 aromatic heterocycles. The van der Waals surface area contributed by atoms with Crippen LogP contribution in [0.15, 0.2) is 24.3 Å². The molecule has 1 aromatic rings. The molecule has 2 atom stereocenters. The lowest BCUT2D eigenvalue weighted by Gasteiger charge is -2.26. The molecular formula is C25H45N3O5S. The van der Waals surface area contributed by atoms with Gasteiger partial charge in [-0.05, 0) is 55.8 Å². The van der Waals surface area contributed by atoms with E-state index >= 15 is 0 Å². The first-order valence-electron chi connectivity index (χ1n) is 12.4. The van der Waals surface area contributed by atoms with Crippen LogP contribution < -0.4 is 15.4 Å². The van der Waals surface area contributed by atoms with Crippen molar-refractivity contribution >= 4 is 15.9 Å². The maximum absolute atomic E-state index is 12.7. The molecule has 1 amide bonds. The topological polar surface area (TPSA) is 108 Å². The number of aliphatic hydroxyl groups excluding tert-OH is 1. The Morgan fingerprint density at radius 2 is 1.85 bits per heavy atom. The molecule has 34 heavy (non-hydrogen) atoms. The summed E-state index contributed by atoms with van der Waals surface area (Å²) >= 11 is 0. The van der Waals surface area contributed by atoms with E-state index < -0.39 is 22.2 Å². The van der Waals surface area contributed by atoms with Crippen LogP contribution in [0.3, 0.4) is 0 Å². The zero-order valence-electron chi connectivity index (χ0n) is 21.5. The number of aliphatic hydroxyl groups is 1. The summed E-state index contributed by atoms with van der Waals surface area (Å²) in [5, 5.41) is 17.0. The second kappa shape index (κ2) is 16.1. The number of carbonyl (C=O) groups is 1. The number of carbonyl (C=O) groups excluding carboxylic acids is 1. The second-order valence-electron chi connectivity index (χ2n) is 9.15. The molecule has 0 aliphatic rings. The summed E-state index contributed by atoms with van der Waals surface area (Å²) in [6, 6.07) is 6.93. The Morgan fingerprint density at radius 3 is 2.44 bits per heavy atom. The summed E-state index contributed by atoms with van der Waals surface area (Å²) < 4.78 is 32.1. The van der Waals surface area contributed by atoms with Crippen LogP contribution in [0.25, 0.3) is 0 Å². The minimum Gasteiger partial charge on any atom is -0.497 e. The van der Waals surface area contributed by atoms with E-state index in [2.05, 4.69) is 24.5 Å². The van der Waals surface area contributed by atoms with E-state index in [1.54, 1.807) is 7.11 Å². The van der Waals surface area contributed by atoms with Crippen LogP contribution in [0.1, 0.15) is 58.9 Å². The van der Waals surface area contributed by atoms with E-state index in [0.717, 1.165) is 31.4 Å². The monoisotopic (exact) mass is 499 g/mol. The van der Waals surface area contributed by atoms with E-state index in [4.69, 9.17) is 4.74 Å². The van der Waals surface area contributed by atoms with Crippen LogP contribution in [0, 0.1) is 5.92 Å². The molecule has 1 rings (SSSR count). The molecule has 0 bridgehead atoms. The third-order valence-electron chi connectivity index (χ3n) is 5.58. The van der Waals surface area contributed by atoms with Gasteiger partial charge in [-0.1, -0.05) is 39.8 Å². The fraction of sp³-hybridized carbons (Fsp3) is 0.720. The Hall–Kier alpha value is -1.68. The van der Waals surface area contributed by atoms with Crippen LogP contribution >= 0.6 is 0 Å². The molecule has 0 saturated carbocycles. The molecular weight excluding hydrogens is 454 g/mol. The number of nitrogens with one attached hydrogen (secondary N) is 2. The highest BCUT2D eigenvalue weighted by Crippen LogP contribution is 2.15. The van der Waals surface area contributed by atoms with Gasteiger partial charge in [-0.15, -0.1) is 0 Å². The Kier molecular flexibility index (Phi) is 14.4. The lowest BCUT2D eigenvalue weighted by molar-refractivity contribution is -0.122. The van der Waals surface area contributed by atoms with Crippen LogP contribution in [0.5, 0.6) is 5.75 Å². The van der Waals surface area contributed by atoms with Crippen molar-refractivity contribution in [1.29, 1.82) is 0 Å². The standard InChI is InChI=1S/C25H45N3O5S/c1-6-14-28(15-7-2)34(31,32)16-12-25(30)27-23(24(29)19-26-13-11-20(3)4)18-21-9-8-10-22(17-21)33-5/h8-10,17,20,23-24,26,29H,6-7,11-16,18-19H2,1-5H3,(H,27,30)/t23-,24-/m0/s1. The SMILES string of the molecule is CCCN(CCC)S(=O)(=O)CCC(=O)N[C@@H](Cc1cccc(OC)c1)[C@@H](O)CNCCC(C)C. The van der Waals surface area contributed by atoms with Gasteiger partial charge < -0.3 is 20.5 Å². The first-order chi connectivity index (χ1) is 16.1. The van der Waals surface area contributed by atoms with Gasteiger partial charge in [-0.3, -0.25) is 4.79 Å². The summed E-state index contributed by atoms with van der Waals surface area (Å²) in [5.41, 5.74) is 0.913. The van der Waals surface area contributed by atoms with Gasteiger partial charge in [0, 0.05) is 26.1 Å². The van der Waals surface area contributed by atoms with Crippen LogP contribution in [-0.4, -0.2) is 74.9 Å². The molecule has 1 aromatic carbocycles. The zero-order chi connectivity index (χ0) is 25.6. The van der Waals surface area contributed by atoms with Crippen molar-refractivity contribution in [2.24, 2.45) is 5.92 Å². The van der Waals surface area contributed by atoms with Crippen molar-refractivity contribution in [2.45, 2.75) is 71.9 Å². The summed E-state index contributed by atoms with van der Waals surface area (Å²) in [7, 11) is -1.92. The minimum atomic E-state index is -3.51. The predicted octanol–water partition coefficient (Wildman–Crippen LogP) is 2.56. The fourth-order valence-corrected chi connectivity index (χ4v) is 5.26. The molecule has 0 radical (unpaired) electrons. The van der Waals surface area contributed by atoms with Gasteiger partial charge in [0.2, 0.25) is 15.9 Å². The van der Waals surface area contributed by atoms with E-state index in [1.807, 2.05) is 38.1 Å². The number of hydrogen-bond donors (Lipinski definition) is 3. The van der Waals surface area contributed by atoms with Gasteiger partial charge in [0.15, 0.2) is 0 Å². The molecule has 0 saturated heterocycles. The largest absolute Gasteiger partial charge is 0.497 e. The van der Waals surface area contributed by atoms with Crippen LogP contribution in [-0.2, 0) is 21.2 Å². The molecule has 0 aliphatic carbocycles. The highest BCUT2D eigenvalue weighted by molar-refractivity contribution is 7.89. The minimum absolute atomic E-state index is 0.144. The van der Waals surface area contributed by atoms with Crippen LogP contribution in [0.4, 0.5) is 0 Å². The number of ether oxygens (including phenoxy) is 1. The quantitative estimate of drug-likeness (QED) is 0.268. The summed E-state index contributed by atoms with van der Waals surface area (Å²) in [4.78, 5) is 12.7. The number of rotatable bonds is 18. The molecule has 0 fully saturated rings. The van der Waals surface area contributed by atoms with Gasteiger partial charge in [0.25, 0.3) is 0 Å². The van der Waals surface area contributed by atoms with E-state index in [0.29, 0.717) is 37.7 Å². The maximum Gasteiger partial charge on any atom is 0.221 e. The third-order valence-corrected chi connectivity index (χ3v) is 7.45. The van der Waals surface area contributed by atoms with E-state index in [9.17, 15) is 18.3 Å². The summed E-state index contributed by atoms with van der Waals surface area (Å²) in [6.07, 6.45) is 1.88. The Bertz CT molecular complexity index is 811. The number of hydrogen-bond acceptors (Lipinski definition) is 6. The lowest BCUT2D eigenvalue weighted by Crippen LogP contribution is -2.49. The highest BCUT2D eigenvalue weighted by Gasteiger charge is 2.25. The average Bonchev–Trinajstić information content (AvgIpc) is 2.80. The van der Waals surface area contributed by atoms with E-state index in [-0.39, 0.29) is 18.1 Å². The number of benzene rings is 1. The number of sulfonamides is 1. The van der Waals surface area contributed by atoms with E-state index in [1.165, 1.54) is 4.31 Å². The van der Waals surface area contributed by atoms with Crippen LogP contribution in [0.2, 0.25) is 0 Å². The van der Waals surface area contributed by atoms with Gasteiger partial charge in [-0.2, -0.15) is 0 Å². The van der Waals surface area contributed by atoms with Crippen molar-refractivity contribution in [3.8, 4) is 5.75 Å². The summed E-state index contributed by atoms with van der Waals surface area (Å²) in [5.74, 6) is 0.627. The zero-order valence-corrected chi connectivity index (χ0v) is 22.4. The molecule has 3 N–H and O–H groups in total. The lowest BCUT2D eigenvalue weighted by atomic mass is 10.0. The fourth-order valence-electron chi connectivity index (χ4n) is 3.64. The van der Waals surface area contributed by atoms with Crippen molar-refractivity contribution < 1.29 is 23.1 Å². The van der Waals surface area contributed by atoms with Gasteiger partial charge in [-0.25, -0.2) is 12.7 Å². The number of amides is 1. The maximum atomic E-state index is 12.7. The Balaban J connectivity index is 2.82. The second-order valence-corrected chi connectivity index (χ2v) is 11.2. The molecule has 196 valence electrons. The van der Waals surface area contributed by atoms with Crippen molar-refractivity contribution in [3.63, 3.8) is 0 Å². The van der Waals surface area contributed by atoms with Gasteiger partial charge >= 0.3 is 0 Å². The molecule has 0 heterocycles. The third kappa shape index (κ3) is 11.6. The molecule has 0 spiro atoms. The van der Waals surface area contributed by atoms with Crippen molar-refractivity contribution in [3.05, 3.63) is 29.8 Å². The number of nitrogens with zero attached hydrogens (tertiary/aromatic N) is 1. The molecule has 9 heteroatoms. The Morgan fingerprint density at radius 1 is 1.18 bits per heavy atom. The normalized spacial score (nSPS) is 13.8. The predicted molar refractivity (Wildman–Crippen MR) is 138 cm³/mol. The molecule has 8 nitrogen and oxygen atoms in total. The highest BCUT2D eigenvalue weighted by atomic mass is 32.2. The van der Waals surface area contributed by atoms with Gasteiger partial charge in [0.1, 0.15) is 5.75 Å². The molecule has 0 aliphatic heterocycles. The molecule has 0 unspecified atom stereocenters. The van der Waals surface area contributed by atoms with Gasteiger partial charge in [0.05, 0.1) is 25.0 Å². The smallest absolute Gasteiger partial charge is 0.221 e.